The number of carbonyl (C=O) groups is 2. The first-order valence-electron chi connectivity index (χ1n) is 10.6. The number of rotatable bonds is 6. The molecule has 1 aromatic carbocycles. The number of aromatic nitrogens is 2. The minimum absolute atomic E-state index is 0.0716. The lowest BCUT2D eigenvalue weighted by Gasteiger charge is -2.27. The van der Waals surface area contributed by atoms with Gasteiger partial charge in [-0.1, -0.05) is 32.9 Å². The number of halogens is 1. The van der Waals surface area contributed by atoms with Crippen LogP contribution in [-0.2, 0) is 27.0 Å². The lowest BCUT2D eigenvalue weighted by atomic mass is 9.92. The van der Waals surface area contributed by atoms with Crippen molar-refractivity contribution < 1.29 is 14.0 Å². The van der Waals surface area contributed by atoms with Crippen LogP contribution in [0.15, 0.2) is 30.3 Å². The highest BCUT2D eigenvalue weighted by atomic mass is 19.1. The van der Waals surface area contributed by atoms with Gasteiger partial charge in [0.15, 0.2) is 0 Å². The summed E-state index contributed by atoms with van der Waals surface area (Å²) in [6.45, 7) is 15.9. The van der Waals surface area contributed by atoms with Crippen molar-refractivity contribution in [1.29, 1.82) is 0 Å². The molecule has 0 aliphatic rings. The fourth-order valence-electron chi connectivity index (χ4n) is 3.12. The first-order chi connectivity index (χ1) is 14.2. The average Bonchev–Trinajstić information content (AvgIpc) is 3.06. The maximum absolute atomic E-state index is 13.1. The monoisotopic (exact) mass is 430 g/mol. The van der Waals surface area contributed by atoms with Gasteiger partial charge in [0.2, 0.25) is 11.8 Å². The highest BCUT2D eigenvalue weighted by Crippen LogP contribution is 2.28. The molecule has 2 amide bonds. The van der Waals surface area contributed by atoms with Crippen molar-refractivity contribution in [1.82, 2.24) is 14.7 Å². The number of nitrogens with zero attached hydrogens (tertiary/aromatic N) is 3. The van der Waals surface area contributed by atoms with E-state index >= 15 is 0 Å². The molecule has 0 spiro atoms. The Morgan fingerprint density at radius 2 is 1.68 bits per heavy atom. The van der Waals surface area contributed by atoms with Gasteiger partial charge in [0.25, 0.3) is 0 Å². The Morgan fingerprint density at radius 3 is 2.16 bits per heavy atom. The molecule has 170 valence electrons. The van der Waals surface area contributed by atoms with Gasteiger partial charge in [0.05, 0.1) is 17.7 Å². The first kappa shape index (κ1) is 24.6. The topological polar surface area (TPSA) is 67.2 Å². The number of hydrogen-bond donors (Lipinski definition) is 1. The summed E-state index contributed by atoms with van der Waals surface area (Å²) in [4.78, 5) is 27.2. The van der Waals surface area contributed by atoms with Gasteiger partial charge in [-0.15, -0.1) is 0 Å². The van der Waals surface area contributed by atoms with E-state index in [-0.39, 0.29) is 47.6 Å². The van der Waals surface area contributed by atoms with Crippen molar-refractivity contribution >= 4 is 17.6 Å². The van der Waals surface area contributed by atoms with Crippen LogP contribution in [0.5, 0.6) is 0 Å². The molecular weight excluding hydrogens is 395 g/mol. The van der Waals surface area contributed by atoms with Gasteiger partial charge >= 0.3 is 0 Å². The zero-order valence-corrected chi connectivity index (χ0v) is 19.9. The van der Waals surface area contributed by atoms with Gasteiger partial charge in [-0.2, -0.15) is 5.10 Å². The molecule has 1 N–H and O–H groups in total. The fourth-order valence-corrected chi connectivity index (χ4v) is 3.12. The van der Waals surface area contributed by atoms with E-state index < -0.39 is 0 Å². The minimum atomic E-state index is -0.346. The molecule has 0 aliphatic carbocycles. The Kier molecular flexibility index (Phi) is 7.29. The largest absolute Gasteiger partial charge is 0.331 e. The van der Waals surface area contributed by atoms with Crippen molar-refractivity contribution in [2.45, 2.75) is 78.8 Å². The molecule has 6 nitrogen and oxygen atoms in total. The van der Waals surface area contributed by atoms with E-state index in [1.165, 1.54) is 17.0 Å². The lowest BCUT2D eigenvalue weighted by molar-refractivity contribution is -0.135. The van der Waals surface area contributed by atoms with Crippen molar-refractivity contribution in [3.05, 3.63) is 47.4 Å². The molecule has 0 unspecified atom stereocenters. The van der Waals surface area contributed by atoms with Gasteiger partial charge < -0.3 is 10.2 Å². The third-order valence-electron chi connectivity index (χ3n) is 4.91. The summed E-state index contributed by atoms with van der Waals surface area (Å²) in [6.07, 6.45) is 0.111. The van der Waals surface area contributed by atoms with Crippen molar-refractivity contribution in [3.63, 3.8) is 0 Å². The molecule has 0 aliphatic heterocycles. The summed E-state index contributed by atoms with van der Waals surface area (Å²) >= 11 is 0. The predicted molar refractivity (Wildman–Crippen MR) is 122 cm³/mol. The summed E-state index contributed by atoms with van der Waals surface area (Å²) in [6, 6.07) is 7.56. The van der Waals surface area contributed by atoms with Crippen LogP contribution in [0.3, 0.4) is 0 Å². The first-order valence-corrected chi connectivity index (χ1v) is 10.6. The summed E-state index contributed by atoms with van der Waals surface area (Å²) in [5, 5.41) is 7.65. The summed E-state index contributed by atoms with van der Waals surface area (Å²) in [5.74, 6) is -0.207. The number of hydrogen-bond acceptors (Lipinski definition) is 3. The quantitative estimate of drug-likeness (QED) is 0.734. The number of amides is 2. The second-order valence-corrected chi connectivity index (χ2v) is 10.2. The Bertz CT molecular complexity index is 919. The van der Waals surface area contributed by atoms with Crippen molar-refractivity contribution in [3.8, 4) is 0 Å². The number of nitrogens with one attached hydrogen (secondary N) is 1. The highest BCUT2D eigenvalue weighted by Gasteiger charge is 2.27. The molecular formula is C24H35FN4O2. The zero-order valence-electron chi connectivity index (χ0n) is 19.9. The van der Waals surface area contributed by atoms with Gasteiger partial charge in [0, 0.05) is 17.5 Å². The van der Waals surface area contributed by atoms with Crippen molar-refractivity contribution in [2.75, 3.05) is 11.9 Å². The van der Waals surface area contributed by atoms with E-state index in [2.05, 4.69) is 26.1 Å². The molecule has 0 bridgehead atoms. The van der Waals surface area contributed by atoms with Crippen molar-refractivity contribution in [2.24, 2.45) is 0 Å². The molecule has 1 aromatic heterocycles. The van der Waals surface area contributed by atoms with Gasteiger partial charge in [-0.25, -0.2) is 9.07 Å². The fraction of sp³-hybridized carbons (Fsp3) is 0.542. The summed E-state index contributed by atoms with van der Waals surface area (Å²) in [5.41, 5.74) is 1.11. The van der Waals surface area contributed by atoms with Gasteiger partial charge in [-0.3, -0.25) is 9.59 Å². The van der Waals surface area contributed by atoms with Crippen LogP contribution in [-0.4, -0.2) is 39.1 Å². The van der Waals surface area contributed by atoms with Crippen LogP contribution < -0.4 is 5.32 Å². The number of anilines is 1. The summed E-state index contributed by atoms with van der Waals surface area (Å²) < 4.78 is 14.9. The molecule has 7 heteroatoms. The maximum atomic E-state index is 13.1. The smallest absolute Gasteiger partial charge is 0.245 e. The number of benzene rings is 1. The highest BCUT2D eigenvalue weighted by molar-refractivity contribution is 5.94. The Morgan fingerprint density at radius 1 is 1.10 bits per heavy atom. The normalized spacial score (nSPS) is 12.2. The minimum Gasteiger partial charge on any atom is -0.331 e. The Labute approximate surface area is 184 Å². The Balaban J connectivity index is 2.17. The summed E-state index contributed by atoms with van der Waals surface area (Å²) in [7, 11) is 0. The van der Waals surface area contributed by atoms with Gasteiger partial charge in [0.1, 0.15) is 18.2 Å². The van der Waals surface area contributed by atoms with E-state index in [0.717, 1.165) is 5.69 Å². The molecule has 2 rings (SSSR count). The van der Waals surface area contributed by atoms with Crippen LogP contribution in [0, 0.1) is 5.82 Å². The van der Waals surface area contributed by atoms with E-state index in [1.54, 1.807) is 12.1 Å². The standard InChI is InChI=1S/C24H35FN4O2/c1-16(2)28(22(31)13-17-9-11-18(25)12-10-17)15-21(30)26-20-14-19(23(3,4)5)27-29(20)24(6,7)8/h9-12,14,16H,13,15H2,1-8H3,(H,26,30). The average molecular weight is 431 g/mol. The second kappa shape index (κ2) is 9.20. The molecule has 0 fully saturated rings. The molecule has 0 saturated heterocycles. The SMILES string of the molecule is CC(C)N(CC(=O)Nc1cc(C(C)(C)C)nn1C(C)(C)C)C(=O)Cc1ccc(F)cc1. The molecule has 2 aromatic rings. The predicted octanol–water partition coefficient (Wildman–Crippen LogP) is 4.49. The molecule has 0 radical (unpaired) electrons. The number of carbonyl (C=O) groups excluding carboxylic acids is 2. The van der Waals surface area contributed by atoms with Crippen LogP contribution in [0.2, 0.25) is 0 Å². The maximum Gasteiger partial charge on any atom is 0.245 e. The van der Waals surface area contributed by atoms with E-state index in [4.69, 9.17) is 5.10 Å². The van der Waals surface area contributed by atoms with E-state index in [0.29, 0.717) is 11.4 Å². The molecule has 1 heterocycles. The van der Waals surface area contributed by atoms with E-state index in [9.17, 15) is 14.0 Å². The van der Waals surface area contributed by atoms with Crippen LogP contribution >= 0.6 is 0 Å². The van der Waals surface area contributed by atoms with Gasteiger partial charge in [-0.05, 0) is 52.3 Å². The zero-order chi connectivity index (χ0) is 23.6. The molecule has 0 atom stereocenters. The van der Waals surface area contributed by atoms with E-state index in [1.807, 2.05) is 45.4 Å². The molecule has 0 saturated carbocycles. The Hall–Kier alpha value is -2.70. The molecule has 31 heavy (non-hydrogen) atoms. The van der Waals surface area contributed by atoms with Crippen LogP contribution in [0.25, 0.3) is 0 Å². The van der Waals surface area contributed by atoms with Crippen LogP contribution in [0.1, 0.15) is 66.6 Å². The lowest BCUT2D eigenvalue weighted by Crippen LogP contribution is -2.43. The second-order valence-electron chi connectivity index (χ2n) is 10.2. The van der Waals surface area contributed by atoms with Crippen LogP contribution in [0.4, 0.5) is 10.2 Å². The third kappa shape index (κ3) is 6.64. The third-order valence-corrected chi connectivity index (χ3v) is 4.91.